The van der Waals surface area contributed by atoms with Crippen molar-refractivity contribution in [3.05, 3.63) is 0 Å². The van der Waals surface area contributed by atoms with E-state index in [0.29, 0.717) is 44.9 Å². The van der Waals surface area contributed by atoms with Gasteiger partial charge < -0.3 is 20.4 Å². The summed E-state index contributed by atoms with van der Waals surface area (Å²) in [5.74, 6) is 0. The summed E-state index contributed by atoms with van der Waals surface area (Å²) >= 11 is 0. The first-order chi connectivity index (χ1) is 8.76. The van der Waals surface area contributed by atoms with Crippen LogP contribution in [-0.2, 0) is 0 Å². The molecule has 0 amide bonds. The summed E-state index contributed by atoms with van der Waals surface area (Å²) in [5.41, 5.74) is -0.683. The molecule has 0 spiro atoms. The quantitative estimate of drug-likeness (QED) is 0.465. The Labute approximate surface area is 117 Å². The van der Waals surface area contributed by atoms with Gasteiger partial charge in [-0.15, -0.1) is 0 Å². The molecule has 0 aliphatic rings. The summed E-state index contributed by atoms with van der Waals surface area (Å²) in [7, 11) is 0. The van der Waals surface area contributed by atoms with E-state index in [1.165, 1.54) is 0 Å². The van der Waals surface area contributed by atoms with Gasteiger partial charge in [0.1, 0.15) is 0 Å². The second kappa shape index (κ2) is 9.70. The lowest BCUT2D eigenvalue weighted by atomic mass is 9.93. The summed E-state index contributed by atoms with van der Waals surface area (Å²) in [4.78, 5) is 0. The van der Waals surface area contributed by atoms with Gasteiger partial charge in [-0.1, -0.05) is 6.92 Å². The highest BCUT2D eigenvalue weighted by Gasteiger charge is 2.19. The van der Waals surface area contributed by atoms with Crippen molar-refractivity contribution in [2.24, 2.45) is 0 Å². The molecule has 4 heteroatoms. The van der Waals surface area contributed by atoms with Gasteiger partial charge in [-0.3, -0.25) is 0 Å². The second-order valence-electron chi connectivity index (χ2n) is 6.05. The van der Waals surface area contributed by atoms with Gasteiger partial charge in [0.05, 0.1) is 23.9 Å². The fourth-order valence-electron chi connectivity index (χ4n) is 1.97. The fraction of sp³-hybridized carbons (Fsp3) is 1.00. The maximum atomic E-state index is 9.83. The molecule has 4 N–H and O–H groups in total. The molecule has 0 aromatic rings. The highest BCUT2D eigenvalue weighted by Crippen LogP contribution is 2.19. The average Bonchev–Trinajstić information content (AvgIpc) is 2.34. The van der Waals surface area contributed by atoms with Crippen molar-refractivity contribution in [3.63, 3.8) is 0 Å². The maximum absolute atomic E-state index is 9.83. The summed E-state index contributed by atoms with van der Waals surface area (Å²) in [6.07, 6.45) is 4.06. The van der Waals surface area contributed by atoms with Crippen molar-refractivity contribution in [3.8, 4) is 0 Å². The summed E-state index contributed by atoms with van der Waals surface area (Å²) < 4.78 is 0. The van der Waals surface area contributed by atoms with Gasteiger partial charge in [0.2, 0.25) is 0 Å². The van der Waals surface area contributed by atoms with Gasteiger partial charge in [0, 0.05) is 0 Å². The van der Waals surface area contributed by atoms with Crippen LogP contribution in [-0.4, -0.2) is 44.3 Å². The monoisotopic (exact) mass is 276 g/mol. The first-order valence-corrected chi connectivity index (χ1v) is 7.53. The van der Waals surface area contributed by atoms with Crippen molar-refractivity contribution in [2.45, 2.75) is 96.1 Å². The van der Waals surface area contributed by atoms with Crippen molar-refractivity contribution >= 4 is 0 Å². The Morgan fingerprint density at radius 1 is 0.895 bits per heavy atom. The number of hydrogen-bond acceptors (Lipinski definition) is 4. The lowest BCUT2D eigenvalue weighted by Gasteiger charge is -2.22. The van der Waals surface area contributed by atoms with Gasteiger partial charge in [-0.05, 0) is 65.2 Å². The van der Waals surface area contributed by atoms with Crippen LogP contribution < -0.4 is 0 Å². The molecule has 0 radical (unpaired) electrons. The highest BCUT2D eigenvalue weighted by atomic mass is 16.3. The van der Waals surface area contributed by atoms with Gasteiger partial charge in [-0.25, -0.2) is 0 Å². The van der Waals surface area contributed by atoms with Crippen LogP contribution in [0.25, 0.3) is 0 Å². The van der Waals surface area contributed by atoms with Crippen LogP contribution in [0.1, 0.15) is 72.1 Å². The predicted octanol–water partition coefficient (Wildman–Crippen LogP) is 1.98. The molecule has 19 heavy (non-hydrogen) atoms. The minimum Gasteiger partial charge on any atom is -0.393 e. The van der Waals surface area contributed by atoms with E-state index in [2.05, 4.69) is 0 Å². The van der Waals surface area contributed by atoms with Crippen molar-refractivity contribution < 1.29 is 20.4 Å². The van der Waals surface area contributed by atoms with Gasteiger partial charge in [0.15, 0.2) is 0 Å². The molecule has 0 saturated heterocycles. The van der Waals surface area contributed by atoms with Crippen molar-refractivity contribution in [1.82, 2.24) is 0 Å². The molecular weight excluding hydrogens is 244 g/mol. The zero-order valence-corrected chi connectivity index (χ0v) is 12.7. The summed E-state index contributed by atoms with van der Waals surface area (Å²) in [6, 6.07) is 0. The molecule has 0 aromatic heterocycles. The minimum absolute atomic E-state index is 0.364. The van der Waals surface area contributed by atoms with Gasteiger partial charge in [-0.2, -0.15) is 0 Å². The van der Waals surface area contributed by atoms with Gasteiger partial charge >= 0.3 is 0 Å². The van der Waals surface area contributed by atoms with E-state index in [4.69, 9.17) is 5.11 Å². The van der Waals surface area contributed by atoms with E-state index in [9.17, 15) is 15.3 Å². The van der Waals surface area contributed by atoms with Crippen molar-refractivity contribution in [1.29, 1.82) is 0 Å². The van der Waals surface area contributed by atoms with Crippen LogP contribution in [0.4, 0.5) is 0 Å². The summed E-state index contributed by atoms with van der Waals surface area (Å²) in [6.45, 7) is 5.44. The molecular formula is C15H32O4. The first-order valence-electron chi connectivity index (χ1n) is 7.53. The van der Waals surface area contributed by atoms with E-state index < -0.39 is 11.7 Å². The van der Waals surface area contributed by atoms with Crippen LogP contribution in [0, 0.1) is 0 Å². The number of aliphatic hydroxyl groups is 4. The predicted molar refractivity (Wildman–Crippen MR) is 76.9 cm³/mol. The Balaban J connectivity index is 3.60. The maximum Gasteiger partial charge on any atom is 0.0618 e. The highest BCUT2D eigenvalue weighted by molar-refractivity contribution is 4.72. The summed E-state index contributed by atoms with van der Waals surface area (Å²) in [5, 5.41) is 38.4. The second-order valence-corrected chi connectivity index (χ2v) is 6.05. The third kappa shape index (κ3) is 11.4. The smallest absolute Gasteiger partial charge is 0.0618 e. The van der Waals surface area contributed by atoms with E-state index in [0.717, 1.165) is 6.42 Å². The largest absolute Gasteiger partial charge is 0.393 e. The van der Waals surface area contributed by atoms with E-state index in [1.54, 1.807) is 13.8 Å². The number of hydrogen-bond donors (Lipinski definition) is 4. The van der Waals surface area contributed by atoms with Crippen LogP contribution >= 0.6 is 0 Å². The van der Waals surface area contributed by atoms with Crippen LogP contribution in [0.15, 0.2) is 0 Å². The Morgan fingerprint density at radius 3 is 1.89 bits per heavy atom. The zero-order valence-electron chi connectivity index (χ0n) is 12.7. The molecule has 0 saturated carbocycles. The number of rotatable bonds is 11. The molecule has 4 unspecified atom stereocenters. The Hall–Kier alpha value is -0.160. The Kier molecular flexibility index (Phi) is 9.62. The number of aliphatic hydroxyl groups excluding tert-OH is 3. The molecule has 0 heterocycles. The standard InChI is InChI=1S/C15H32O4/c1-4-15(3,19)11-10-14(18)7-5-6-13(17)9-8-12(2)16/h12-14,16-19H,4-11H2,1-3H3. The average molecular weight is 276 g/mol. The SMILES string of the molecule is CCC(C)(O)CCC(O)CCCC(O)CCC(C)O. The van der Waals surface area contributed by atoms with E-state index in [-0.39, 0.29) is 12.2 Å². The van der Waals surface area contributed by atoms with Crippen molar-refractivity contribution in [2.75, 3.05) is 0 Å². The molecule has 0 bridgehead atoms. The molecule has 4 atom stereocenters. The molecule has 0 rings (SSSR count). The first kappa shape index (κ1) is 18.8. The fourth-order valence-corrected chi connectivity index (χ4v) is 1.97. The minimum atomic E-state index is -0.683. The van der Waals surface area contributed by atoms with Gasteiger partial charge in [0.25, 0.3) is 0 Å². The van der Waals surface area contributed by atoms with Crippen LogP contribution in [0.3, 0.4) is 0 Å². The molecule has 0 aliphatic heterocycles. The Morgan fingerprint density at radius 2 is 1.42 bits per heavy atom. The molecule has 116 valence electrons. The lowest BCUT2D eigenvalue weighted by Crippen LogP contribution is -2.24. The molecule has 0 aliphatic carbocycles. The van der Waals surface area contributed by atoms with E-state index in [1.807, 2.05) is 6.92 Å². The normalized spacial score (nSPS) is 19.7. The zero-order chi connectivity index (χ0) is 14.9. The lowest BCUT2D eigenvalue weighted by molar-refractivity contribution is 0.0264. The third-order valence-electron chi connectivity index (χ3n) is 3.77. The topological polar surface area (TPSA) is 80.9 Å². The third-order valence-corrected chi connectivity index (χ3v) is 3.77. The van der Waals surface area contributed by atoms with Crippen LogP contribution in [0.2, 0.25) is 0 Å². The molecule has 4 nitrogen and oxygen atoms in total. The van der Waals surface area contributed by atoms with Crippen LogP contribution in [0.5, 0.6) is 0 Å². The molecule has 0 aromatic carbocycles. The Bertz CT molecular complexity index is 216. The van der Waals surface area contributed by atoms with E-state index >= 15 is 0 Å². The molecule has 0 fully saturated rings.